The molecule has 4 heteroatoms. The number of carbonyl (C=O) groups is 1. The second-order valence-corrected chi connectivity index (χ2v) is 5.26. The van der Waals surface area contributed by atoms with Gasteiger partial charge in [0.15, 0.2) is 0 Å². The molecule has 0 radical (unpaired) electrons. The van der Waals surface area contributed by atoms with Crippen LogP contribution in [0.5, 0.6) is 0 Å². The van der Waals surface area contributed by atoms with Crippen molar-refractivity contribution in [3.05, 3.63) is 0 Å². The molecule has 1 fully saturated rings. The molecule has 100 valence electrons. The van der Waals surface area contributed by atoms with E-state index in [1.54, 1.807) is 19.0 Å². The highest BCUT2D eigenvalue weighted by atomic mass is 16.5. The minimum Gasteiger partial charge on any atom is -0.378 e. The summed E-state index contributed by atoms with van der Waals surface area (Å²) in [7, 11) is 3.57. The first-order valence-electron chi connectivity index (χ1n) is 6.50. The van der Waals surface area contributed by atoms with Crippen LogP contribution >= 0.6 is 0 Å². The van der Waals surface area contributed by atoms with Gasteiger partial charge in [-0.2, -0.15) is 0 Å². The van der Waals surface area contributed by atoms with Crippen molar-refractivity contribution in [3.8, 4) is 0 Å². The highest BCUT2D eigenvalue weighted by Crippen LogP contribution is 2.45. The highest BCUT2D eigenvalue weighted by molar-refractivity contribution is 5.77. The topological polar surface area (TPSA) is 41.6 Å². The van der Waals surface area contributed by atoms with E-state index in [0.717, 1.165) is 19.4 Å². The quantitative estimate of drug-likeness (QED) is 0.762. The molecule has 4 nitrogen and oxygen atoms in total. The van der Waals surface area contributed by atoms with Gasteiger partial charge in [0, 0.05) is 32.2 Å². The van der Waals surface area contributed by atoms with Gasteiger partial charge in [0.25, 0.3) is 0 Å². The Kier molecular flexibility index (Phi) is 4.95. The zero-order valence-corrected chi connectivity index (χ0v) is 11.7. The van der Waals surface area contributed by atoms with Crippen LogP contribution in [0.1, 0.15) is 33.6 Å². The van der Waals surface area contributed by atoms with Crippen molar-refractivity contribution in [3.63, 3.8) is 0 Å². The summed E-state index contributed by atoms with van der Waals surface area (Å²) in [5.74, 6) is 0.128. The average molecular weight is 242 g/mol. The second-order valence-electron chi connectivity index (χ2n) is 5.26. The van der Waals surface area contributed by atoms with E-state index < -0.39 is 0 Å². The van der Waals surface area contributed by atoms with Gasteiger partial charge in [0.05, 0.1) is 12.6 Å². The largest absolute Gasteiger partial charge is 0.378 e. The van der Waals surface area contributed by atoms with E-state index in [-0.39, 0.29) is 11.3 Å². The molecular formula is C13H26N2O2. The van der Waals surface area contributed by atoms with Crippen LogP contribution in [-0.4, -0.2) is 50.2 Å². The van der Waals surface area contributed by atoms with Gasteiger partial charge in [0.1, 0.15) is 0 Å². The Morgan fingerprint density at radius 3 is 2.59 bits per heavy atom. The van der Waals surface area contributed by atoms with E-state index in [1.807, 2.05) is 6.92 Å². The Labute approximate surface area is 105 Å². The van der Waals surface area contributed by atoms with E-state index in [9.17, 15) is 4.79 Å². The highest BCUT2D eigenvalue weighted by Gasteiger charge is 2.50. The molecule has 0 aromatic heterocycles. The van der Waals surface area contributed by atoms with E-state index >= 15 is 0 Å². The van der Waals surface area contributed by atoms with Crippen LogP contribution in [0.3, 0.4) is 0 Å². The molecule has 1 aliphatic rings. The molecule has 1 rings (SSSR count). The van der Waals surface area contributed by atoms with Gasteiger partial charge < -0.3 is 15.0 Å². The summed E-state index contributed by atoms with van der Waals surface area (Å²) in [6, 6.07) is 0.396. The smallest absolute Gasteiger partial charge is 0.236 e. The molecule has 0 aliphatic heterocycles. The SMILES string of the molecule is CCOC1CC(NCC(=O)N(C)C)C1(C)CC. The zero-order valence-electron chi connectivity index (χ0n) is 11.7. The molecular weight excluding hydrogens is 216 g/mol. The van der Waals surface area contributed by atoms with Crippen LogP contribution in [0.25, 0.3) is 0 Å². The molecule has 0 heterocycles. The monoisotopic (exact) mass is 242 g/mol. The zero-order chi connectivity index (χ0) is 13.1. The molecule has 3 atom stereocenters. The number of ether oxygens (including phenoxy) is 1. The van der Waals surface area contributed by atoms with E-state index in [0.29, 0.717) is 18.7 Å². The molecule has 1 N–H and O–H groups in total. The molecule has 0 saturated heterocycles. The third-order valence-electron chi connectivity index (χ3n) is 4.11. The van der Waals surface area contributed by atoms with E-state index in [4.69, 9.17) is 4.74 Å². The fraction of sp³-hybridized carbons (Fsp3) is 0.923. The summed E-state index contributed by atoms with van der Waals surface area (Å²) < 4.78 is 5.73. The van der Waals surface area contributed by atoms with Gasteiger partial charge in [-0.3, -0.25) is 4.79 Å². The first-order valence-corrected chi connectivity index (χ1v) is 6.50. The van der Waals surface area contributed by atoms with Crippen LogP contribution in [0.2, 0.25) is 0 Å². The predicted octanol–water partition coefficient (Wildman–Crippen LogP) is 1.26. The molecule has 17 heavy (non-hydrogen) atoms. The van der Waals surface area contributed by atoms with Gasteiger partial charge in [-0.05, 0) is 19.8 Å². The van der Waals surface area contributed by atoms with Gasteiger partial charge in [-0.15, -0.1) is 0 Å². The summed E-state index contributed by atoms with van der Waals surface area (Å²) in [5.41, 5.74) is 0.169. The van der Waals surface area contributed by atoms with Crippen LogP contribution in [-0.2, 0) is 9.53 Å². The number of hydrogen-bond acceptors (Lipinski definition) is 3. The standard InChI is InChI=1S/C13H26N2O2/c1-6-13(3)10(8-11(13)17-7-2)14-9-12(16)15(4)5/h10-11,14H,6-9H2,1-5H3. The lowest BCUT2D eigenvalue weighted by atomic mass is 9.61. The number of rotatable bonds is 6. The lowest BCUT2D eigenvalue weighted by Crippen LogP contribution is -2.63. The summed E-state index contributed by atoms with van der Waals surface area (Å²) in [6.07, 6.45) is 2.43. The van der Waals surface area contributed by atoms with Crippen LogP contribution < -0.4 is 5.32 Å². The number of carbonyl (C=O) groups excluding carboxylic acids is 1. The maximum atomic E-state index is 11.5. The van der Waals surface area contributed by atoms with Crippen molar-refractivity contribution >= 4 is 5.91 Å². The summed E-state index contributed by atoms with van der Waals surface area (Å²) in [4.78, 5) is 13.1. The summed E-state index contributed by atoms with van der Waals surface area (Å²) in [5, 5.41) is 3.36. The van der Waals surface area contributed by atoms with Crippen molar-refractivity contribution in [2.24, 2.45) is 5.41 Å². The predicted molar refractivity (Wildman–Crippen MR) is 68.9 cm³/mol. The van der Waals surface area contributed by atoms with Gasteiger partial charge in [-0.25, -0.2) is 0 Å². The minimum absolute atomic E-state index is 0.128. The maximum Gasteiger partial charge on any atom is 0.236 e. The third-order valence-corrected chi connectivity index (χ3v) is 4.11. The minimum atomic E-state index is 0.128. The third kappa shape index (κ3) is 2.99. The molecule has 1 amide bonds. The van der Waals surface area contributed by atoms with E-state index in [1.165, 1.54) is 0 Å². The molecule has 0 spiro atoms. The molecule has 0 aromatic rings. The van der Waals surface area contributed by atoms with Gasteiger partial charge in [0.2, 0.25) is 5.91 Å². The number of nitrogens with one attached hydrogen (secondary N) is 1. The lowest BCUT2D eigenvalue weighted by Gasteiger charge is -2.53. The van der Waals surface area contributed by atoms with E-state index in [2.05, 4.69) is 19.2 Å². The Bertz CT molecular complexity index is 268. The normalized spacial score (nSPS) is 32.1. The van der Waals surface area contributed by atoms with Crippen molar-refractivity contribution in [2.45, 2.75) is 45.8 Å². The summed E-state index contributed by atoms with van der Waals surface area (Å²) in [6.45, 7) is 7.66. The first-order chi connectivity index (χ1) is 7.95. The van der Waals surface area contributed by atoms with Gasteiger partial charge >= 0.3 is 0 Å². The van der Waals surface area contributed by atoms with Crippen LogP contribution in [0, 0.1) is 5.41 Å². The van der Waals surface area contributed by atoms with Crippen molar-refractivity contribution in [2.75, 3.05) is 27.2 Å². The summed E-state index contributed by atoms with van der Waals surface area (Å²) >= 11 is 0. The number of amides is 1. The first kappa shape index (κ1) is 14.5. The lowest BCUT2D eigenvalue weighted by molar-refractivity contribution is -0.135. The fourth-order valence-electron chi connectivity index (χ4n) is 2.44. The maximum absolute atomic E-state index is 11.5. The number of likely N-dealkylation sites (N-methyl/N-ethyl adjacent to an activating group) is 1. The second kappa shape index (κ2) is 5.83. The van der Waals surface area contributed by atoms with Gasteiger partial charge in [-0.1, -0.05) is 13.8 Å². The Hall–Kier alpha value is -0.610. The molecule has 0 aromatic carbocycles. The van der Waals surface area contributed by atoms with Crippen molar-refractivity contribution in [1.82, 2.24) is 10.2 Å². The number of hydrogen-bond donors (Lipinski definition) is 1. The molecule has 1 saturated carbocycles. The molecule has 3 unspecified atom stereocenters. The van der Waals surface area contributed by atoms with Crippen molar-refractivity contribution in [1.29, 1.82) is 0 Å². The fourth-order valence-corrected chi connectivity index (χ4v) is 2.44. The molecule has 0 bridgehead atoms. The Morgan fingerprint density at radius 2 is 2.12 bits per heavy atom. The average Bonchev–Trinajstić information content (AvgIpc) is 2.30. The van der Waals surface area contributed by atoms with Crippen molar-refractivity contribution < 1.29 is 9.53 Å². The Morgan fingerprint density at radius 1 is 1.47 bits per heavy atom. The van der Waals surface area contributed by atoms with Crippen LogP contribution in [0.4, 0.5) is 0 Å². The molecule has 1 aliphatic carbocycles. The van der Waals surface area contributed by atoms with Crippen LogP contribution in [0.15, 0.2) is 0 Å². The Balaban J connectivity index is 2.43. The number of nitrogens with zero attached hydrogens (tertiary/aromatic N) is 1.